The third-order valence-corrected chi connectivity index (χ3v) is 3.74. The second kappa shape index (κ2) is 6.37. The summed E-state index contributed by atoms with van der Waals surface area (Å²) < 4.78 is 11.1. The molecule has 2 aromatic rings. The third kappa shape index (κ3) is 3.02. The van der Waals surface area contributed by atoms with Gasteiger partial charge in [0, 0.05) is 29.9 Å². The monoisotopic (exact) mass is 294 g/mol. The first-order chi connectivity index (χ1) is 9.86. The Hall–Kier alpha value is -1.39. The van der Waals surface area contributed by atoms with Crippen molar-refractivity contribution in [3.8, 4) is 5.75 Å². The Morgan fingerprint density at radius 2 is 2.10 bits per heavy atom. The molecule has 0 saturated carbocycles. The molecule has 1 fully saturated rings. The minimum Gasteiger partial charge on any atom is -0.494 e. The van der Waals surface area contributed by atoms with E-state index in [2.05, 4.69) is 28.1 Å². The van der Waals surface area contributed by atoms with E-state index in [1.54, 1.807) is 0 Å². The van der Waals surface area contributed by atoms with Gasteiger partial charge in [-0.15, -0.1) is 11.6 Å². The summed E-state index contributed by atoms with van der Waals surface area (Å²) in [6, 6.07) is 8.31. The summed E-state index contributed by atoms with van der Waals surface area (Å²) >= 11 is 5.65. The average molecular weight is 295 g/mol. The minimum atomic E-state index is 0.633. The quantitative estimate of drug-likeness (QED) is 0.680. The van der Waals surface area contributed by atoms with E-state index in [4.69, 9.17) is 21.1 Å². The molecule has 0 aliphatic carbocycles. The first kappa shape index (κ1) is 13.6. The Kier molecular flexibility index (Phi) is 4.33. The molecule has 4 nitrogen and oxygen atoms in total. The van der Waals surface area contributed by atoms with Crippen LogP contribution < -0.4 is 9.64 Å². The van der Waals surface area contributed by atoms with Crippen LogP contribution in [0.25, 0.3) is 10.9 Å². The standard InChI is InChI=1S/C15H19ClN2O2/c16-4-1-7-20-13-2-3-14-12(10-13)11-15(17-14)18-5-8-19-9-6-18/h2-3,10-11,17H,1,4-9H2. The first-order valence-corrected chi connectivity index (χ1v) is 7.54. The van der Waals surface area contributed by atoms with Crippen LogP contribution in [0.15, 0.2) is 24.3 Å². The number of morpholine rings is 1. The van der Waals surface area contributed by atoms with Crippen LogP contribution in [-0.2, 0) is 4.74 Å². The van der Waals surface area contributed by atoms with Crippen molar-refractivity contribution in [1.82, 2.24) is 4.98 Å². The molecule has 108 valence electrons. The number of hydrogen-bond donors (Lipinski definition) is 1. The number of aromatic amines is 1. The van der Waals surface area contributed by atoms with Crippen molar-refractivity contribution in [2.24, 2.45) is 0 Å². The number of ether oxygens (including phenoxy) is 2. The molecule has 0 atom stereocenters. The van der Waals surface area contributed by atoms with E-state index in [1.807, 2.05) is 6.07 Å². The summed E-state index contributed by atoms with van der Waals surface area (Å²) in [5, 5.41) is 1.18. The van der Waals surface area contributed by atoms with Crippen LogP contribution in [0, 0.1) is 0 Å². The molecule has 1 aliphatic rings. The number of anilines is 1. The lowest BCUT2D eigenvalue weighted by Gasteiger charge is -2.27. The van der Waals surface area contributed by atoms with Gasteiger partial charge in [-0.3, -0.25) is 0 Å². The molecule has 0 amide bonds. The third-order valence-electron chi connectivity index (χ3n) is 3.48. The Balaban J connectivity index is 1.76. The number of H-pyrrole nitrogens is 1. The number of aromatic nitrogens is 1. The van der Waals surface area contributed by atoms with Crippen molar-refractivity contribution in [3.05, 3.63) is 24.3 Å². The molecule has 5 heteroatoms. The number of hydrogen-bond acceptors (Lipinski definition) is 3. The summed E-state index contributed by atoms with van der Waals surface area (Å²) in [6.45, 7) is 4.12. The number of alkyl halides is 1. The largest absolute Gasteiger partial charge is 0.494 e. The van der Waals surface area contributed by atoms with Crippen LogP contribution in [-0.4, -0.2) is 43.8 Å². The molecule has 0 unspecified atom stereocenters. The molecule has 0 bridgehead atoms. The lowest BCUT2D eigenvalue weighted by molar-refractivity contribution is 0.122. The maximum absolute atomic E-state index is 5.68. The highest BCUT2D eigenvalue weighted by Crippen LogP contribution is 2.26. The summed E-state index contributed by atoms with van der Waals surface area (Å²) in [6.07, 6.45) is 0.867. The van der Waals surface area contributed by atoms with Crippen LogP contribution >= 0.6 is 11.6 Å². The van der Waals surface area contributed by atoms with Gasteiger partial charge in [-0.05, 0) is 30.7 Å². The number of fused-ring (bicyclic) bond motifs is 1. The molecular formula is C15H19ClN2O2. The second-order valence-electron chi connectivity index (χ2n) is 4.89. The van der Waals surface area contributed by atoms with Gasteiger partial charge in [-0.2, -0.15) is 0 Å². The Bertz CT molecular complexity index is 564. The van der Waals surface area contributed by atoms with Crippen LogP contribution in [0.5, 0.6) is 5.75 Å². The second-order valence-corrected chi connectivity index (χ2v) is 5.27. The maximum atomic E-state index is 5.68. The van der Waals surface area contributed by atoms with Crippen molar-refractivity contribution in [2.75, 3.05) is 43.7 Å². The Morgan fingerprint density at radius 1 is 1.25 bits per heavy atom. The van der Waals surface area contributed by atoms with Gasteiger partial charge < -0.3 is 19.4 Å². The molecule has 1 aromatic carbocycles. The van der Waals surface area contributed by atoms with Crippen LogP contribution in [0.1, 0.15) is 6.42 Å². The molecule has 20 heavy (non-hydrogen) atoms. The van der Waals surface area contributed by atoms with Gasteiger partial charge in [0.05, 0.1) is 19.8 Å². The molecule has 1 saturated heterocycles. The van der Waals surface area contributed by atoms with Crippen molar-refractivity contribution in [2.45, 2.75) is 6.42 Å². The predicted octanol–water partition coefficient (Wildman–Crippen LogP) is 3.01. The first-order valence-electron chi connectivity index (χ1n) is 7.01. The highest BCUT2D eigenvalue weighted by Gasteiger charge is 2.13. The molecule has 0 spiro atoms. The Labute approximate surface area is 123 Å². The van der Waals surface area contributed by atoms with Crippen LogP contribution in [0.4, 0.5) is 5.82 Å². The van der Waals surface area contributed by atoms with Crippen molar-refractivity contribution in [3.63, 3.8) is 0 Å². The number of rotatable bonds is 5. The molecule has 3 rings (SSSR count). The molecule has 2 heterocycles. The summed E-state index contributed by atoms with van der Waals surface area (Å²) in [5.41, 5.74) is 1.14. The van der Waals surface area contributed by atoms with E-state index in [9.17, 15) is 0 Å². The fourth-order valence-electron chi connectivity index (χ4n) is 2.40. The predicted molar refractivity (Wildman–Crippen MR) is 82.2 cm³/mol. The zero-order valence-electron chi connectivity index (χ0n) is 11.4. The van der Waals surface area contributed by atoms with Gasteiger partial charge in [0.15, 0.2) is 0 Å². The summed E-state index contributed by atoms with van der Waals surface area (Å²) in [7, 11) is 0. The number of nitrogens with one attached hydrogen (secondary N) is 1. The Morgan fingerprint density at radius 3 is 2.90 bits per heavy atom. The average Bonchev–Trinajstić information content (AvgIpc) is 2.92. The zero-order chi connectivity index (χ0) is 13.8. The fraction of sp³-hybridized carbons (Fsp3) is 0.467. The van der Waals surface area contributed by atoms with Gasteiger partial charge in [-0.25, -0.2) is 0 Å². The van der Waals surface area contributed by atoms with Gasteiger partial charge in [0.1, 0.15) is 11.6 Å². The minimum absolute atomic E-state index is 0.633. The van der Waals surface area contributed by atoms with Gasteiger partial charge in [0.25, 0.3) is 0 Å². The normalized spacial score (nSPS) is 15.8. The molecule has 0 radical (unpaired) electrons. The van der Waals surface area contributed by atoms with E-state index >= 15 is 0 Å². The summed E-state index contributed by atoms with van der Waals surface area (Å²) in [5.74, 6) is 2.68. The molecule has 1 N–H and O–H groups in total. The van der Waals surface area contributed by atoms with Gasteiger partial charge in [-0.1, -0.05) is 0 Å². The van der Waals surface area contributed by atoms with Crippen molar-refractivity contribution < 1.29 is 9.47 Å². The molecule has 1 aliphatic heterocycles. The highest BCUT2D eigenvalue weighted by molar-refractivity contribution is 6.17. The maximum Gasteiger partial charge on any atom is 0.120 e. The SMILES string of the molecule is ClCCCOc1ccc2[nH]c(N3CCOCC3)cc2c1. The van der Waals surface area contributed by atoms with Crippen LogP contribution in [0.2, 0.25) is 0 Å². The van der Waals surface area contributed by atoms with Gasteiger partial charge >= 0.3 is 0 Å². The van der Waals surface area contributed by atoms with Crippen molar-refractivity contribution in [1.29, 1.82) is 0 Å². The van der Waals surface area contributed by atoms with E-state index in [-0.39, 0.29) is 0 Å². The fourth-order valence-corrected chi connectivity index (χ4v) is 2.51. The molecule has 1 aromatic heterocycles. The molecular weight excluding hydrogens is 276 g/mol. The lowest BCUT2D eigenvalue weighted by Crippen LogP contribution is -2.36. The lowest BCUT2D eigenvalue weighted by atomic mass is 10.2. The van der Waals surface area contributed by atoms with Crippen LogP contribution in [0.3, 0.4) is 0 Å². The van der Waals surface area contributed by atoms with Gasteiger partial charge in [0.2, 0.25) is 0 Å². The number of halogens is 1. The summed E-state index contributed by atoms with van der Waals surface area (Å²) in [4.78, 5) is 5.77. The smallest absolute Gasteiger partial charge is 0.120 e. The zero-order valence-corrected chi connectivity index (χ0v) is 12.2. The van der Waals surface area contributed by atoms with E-state index in [0.29, 0.717) is 12.5 Å². The van der Waals surface area contributed by atoms with E-state index in [0.717, 1.165) is 49.8 Å². The number of benzene rings is 1. The van der Waals surface area contributed by atoms with E-state index in [1.165, 1.54) is 5.39 Å². The topological polar surface area (TPSA) is 37.5 Å². The number of nitrogens with zero attached hydrogens (tertiary/aromatic N) is 1. The highest BCUT2D eigenvalue weighted by atomic mass is 35.5. The van der Waals surface area contributed by atoms with Crippen molar-refractivity contribution >= 4 is 28.3 Å². The van der Waals surface area contributed by atoms with E-state index < -0.39 is 0 Å².